The van der Waals surface area contributed by atoms with Crippen molar-refractivity contribution in [3.63, 3.8) is 0 Å². The zero-order valence-corrected chi connectivity index (χ0v) is 15.7. The third-order valence-electron chi connectivity index (χ3n) is 5.39. The van der Waals surface area contributed by atoms with Crippen LogP contribution in [0.25, 0.3) is 5.69 Å². The topological polar surface area (TPSA) is 94.8 Å². The number of fused-ring (bicyclic) bond motifs is 1. The molecule has 0 radical (unpaired) electrons. The van der Waals surface area contributed by atoms with Crippen LogP contribution >= 0.6 is 0 Å². The number of nitrogens with zero attached hydrogens (tertiary/aromatic N) is 3. The summed E-state index contributed by atoms with van der Waals surface area (Å²) in [5.41, 5.74) is 15.5. The average molecular weight is 342 g/mol. The normalized spacial score (nSPS) is 19.3. The van der Waals surface area contributed by atoms with Gasteiger partial charge in [-0.25, -0.2) is 0 Å². The Morgan fingerprint density at radius 1 is 1.16 bits per heavy atom. The van der Waals surface area contributed by atoms with E-state index in [1.165, 1.54) is 17.5 Å². The molecule has 2 atom stereocenters. The van der Waals surface area contributed by atoms with Gasteiger partial charge in [-0.05, 0) is 61.3 Å². The Labute approximate surface area is 150 Å². The standard InChI is InChI=1S/C19H30N6/c1-12(19(2,3)4)22-15-8-5-13-7-10-16(11-14(13)6-9-15)25-18(21)23-17(20)24-25/h7,10-12,15,22H,5-6,8-9H2,1-4H3,(H4,20,21,23,24)/t12?,15-/m0/s1. The maximum Gasteiger partial charge on any atom is 0.241 e. The Morgan fingerprint density at radius 3 is 2.44 bits per heavy atom. The van der Waals surface area contributed by atoms with Gasteiger partial charge in [-0.2, -0.15) is 9.67 Å². The van der Waals surface area contributed by atoms with Crippen LogP contribution in [0.3, 0.4) is 0 Å². The first-order valence-corrected chi connectivity index (χ1v) is 9.10. The minimum Gasteiger partial charge on any atom is -0.368 e. The molecule has 0 bridgehead atoms. The molecule has 6 nitrogen and oxygen atoms in total. The van der Waals surface area contributed by atoms with Crippen molar-refractivity contribution in [2.75, 3.05) is 11.5 Å². The van der Waals surface area contributed by atoms with Gasteiger partial charge in [0.2, 0.25) is 11.9 Å². The molecular formula is C19H30N6. The average Bonchev–Trinajstić information content (AvgIpc) is 2.75. The molecule has 1 aliphatic carbocycles. The zero-order valence-electron chi connectivity index (χ0n) is 15.7. The molecule has 1 aromatic carbocycles. The van der Waals surface area contributed by atoms with Gasteiger partial charge in [0.1, 0.15) is 0 Å². The zero-order chi connectivity index (χ0) is 18.2. The number of nitrogen functional groups attached to an aromatic ring is 2. The van der Waals surface area contributed by atoms with Gasteiger partial charge in [-0.1, -0.05) is 26.8 Å². The van der Waals surface area contributed by atoms with Crippen LogP contribution < -0.4 is 16.8 Å². The van der Waals surface area contributed by atoms with Crippen molar-refractivity contribution >= 4 is 11.9 Å². The van der Waals surface area contributed by atoms with E-state index in [0.29, 0.717) is 18.0 Å². The highest BCUT2D eigenvalue weighted by molar-refractivity contribution is 5.45. The molecule has 2 aromatic rings. The van der Waals surface area contributed by atoms with E-state index in [1.807, 2.05) is 0 Å². The van der Waals surface area contributed by atoms with Gasteiger partial charge in [0, 0.05) is 12.1 Å². The number of nitrogens with one attached hydrogen (secondary N) is 1. The van der Waals surface area contributed by atoms with Crippen LogP contribution in [0, 0.1) is 5.41 Å². The Morgan fingerprint density at radius 2 is 1.84 bits per heavy atom. The number of aryl methyl sites for hydroxylation is 2. The Hall–Kier alpha value is -2.08. The molecule has 0 fully saturated rings. The molecule has 1 heterocycles. The number of rotatable bonds is 3. The largest absolute Gasteiger partial charge is 0.368 e. The van der Waals surface area contributed by atoms with E-state index in [2.05, 4.69) is 61.3 Å². The van der Waals surface area contributed by atoms with Gasteiger partial charge < -0.3 is 16.8 Å². The van der Waals surface area contributed by atoms with E-state index in [0.717, 1.165) is 24.9 Å². The van der Waals surface area contributed by atoms with E-state index < -0.39 is 0 Å². The molecule has 0 amide bonds. The van der Waals surface area contributed by atoms with Gasteiger partial charge in [-0.15, -0.1) is 5.10 Å². The second-order valence-corrected chi connectivity index (χ2v) is 8.22. The summed E-state index contributed by atoms with van der Waals surface area (Å²) in [5.74, 6) is 0.525. The van der Waals surface area contributed by atoms with Crippen LogP contribution in [0.15, 0.2) is 18.2 Å². The highest BCUT2D eigenvalue weighted by Crippen LogP contribution is 2.26. The van der Waals surface area contributed by atoms with E-state index in [-0.39, 0.29) is 11.4 Å². The van der Waals surface area contributed by atoms with Crippen molar-refractivity contribution in [3.8, 4) is 5.69 Å². The van der Waals surface area contributed by atoms with E-state index in [9.17, 15) is 0 Å². The monoisotopic (exact) mass is 342 g/mol. The molecule has 25 heavy (non-hydrogen) atoms. The summed E-state index contributed by atoms with van der Waals surface area (Å²) in [6, 6.07) is 7.46. The first-order valence-electron chi connectivity index (χ1n) is 9.10. The smallest absolute Gasteiger partial charge is 0.241 e. The van der Waals surface area contributed by atoms with Crippen LogP contribution in [0.2, 0.25) is 0 Å². The number of benzene rings is 1. The molecular weight excluding hydrogens is 312 g/mol. The molecule has 1 aliphatic rings. The van der Waals surface area contributed by atoms with Gasteiger partial charge in [0.15, 0.2) is 0 Å². The van der Waals surface area contributed by atoms with Crippen LogP contribution in [-0.2, 0) is 12.8 Å². The number of hydrogen-bond donors (Lipinski definition) is 3. The summed E-state index contributed by atoms with van der Waals surface area (Å²) in [5, 5.41) is 8.01. The highest BCUT2D eigenvalue weighted by atomic mass is 15.4. The Bertz CT molecular complexity index is 743. The van der Waals surface area contributed by atoms with Crippen molar-refractivity contribution in [3.05, 3.63) is 29.3 Å². The molecule has 1 aromatic heterocycles. The van der Waals surface area contributed by atoms with E-state index >= 15 is 0 Å². The Balaban J connectivity index is 1.75. The summed E-state index contributed by atoms with van der Waals surface area (Å²) in [6.45, 7) is 9.15. The van der Waals surface area contributed by atoms with Gasteiger partial charge in [0.25, 0.3) is 0 Å². The summed E-state index contributed by atoms with van der Waals surface area (Å²) in [6.07, 6.45) is 4.47. The van der Waals surface area contributed by atoms with Crippen LogP contribution in [-0.4, -0.2) is 26.8 Å². The SMILES string of the molecule is CC(N[C@H]1CCc2ccc(-n3nc(N)nc3N)cc2CC1)C(C)(C)C. The van der Waals surface area contributed by atoms with Crippen LogP contribution in [0.5, 0.6) is 0 Å². The van der Waals surface area contributed by atoms with Gasteiger partial charge in [-0.3, -0.25) is 0 Å². The van der Waals surface area contributed by atoms with Crippen molar-refractivity contribution < 1.29 is 0 Å². The summed E-state index contributed by atoms with van der Waals surface area (Å²) < 4.78 is 1.61. The highest BCUT2D eigenvalue weighted by Gasteiger charge is 2.24. The lowest BCUT2D eigenvalue weighted by atomic mass is 9.87. The number of aromatic nitrogens is 3. The molecule has 0 saturated carbocycles. The minimum atomic E-state index is 0.202. The van der Waals surface area contributed by atoms with Gasteiger partial charge >= 0.3 is 0 Å². The second kappa shape index (κ2) is 6.67. The quantitative estimate of drug-likeness (QED) is 0.746. The third kappa shape index (κ3) is 3.95. The van der Waals surface area contributed by atoms with Crippen LogP contribution in [0.1, 0.15) is 51.7 Å². The van der Waals surface area contributed by atoms with Crippen molar-refractivity contribution in [2.24, 2.45) is 5.41 Å². The maximum atomic E-state index is 5.90. The first kappa shape index (κ1) is 17.7. The number of nitrogens with two attached hydrogens (primary N) is 2. The first-order chi connectivity index (χ1) is 11.7. The number of hydrogen-bond acceptors (Lipinski definition) is 5. The lowest BCUT2D eigenvalue weighted by molar-refractivity contribution is 0.254. The maximum absolute atomic E-state index is 5.90. The Kier molecular flexibility index (Phi) is 4.73. The second-order valence-electron chi connectivity index (χ2n) is 8.22. The fourth-order valence-corrected chi connectivity index (χ4v) is 3.33. The summed E-state index contributed by atoms with van der Waals surface area (Å²) >= 11 is 0. The van der Waals surface area contributed by atoms with Crippen LogP contribution in [0.4, 0.5) is 11.9 Å². The molecule has 0 spiro atoms. The molecule has 1 unspecified atom stereocenters. The fraction of sp³-hybridized carbons (Fsp3) is 0.579. The van der Waals surface area contributed by atoms with Crippen molar-refractivity contribution in [1.82, 2.24) is 20.1 Å². The predicted octanol–water partition coefficient (Wildman–Crippen LogP) is 2.70. The molecule has 6 heteroatoms. The third-order valence-corrected chi connectivity index (χ3v) is 5.39. The fourth-order valence-electron chi connectivity index (χ4n) is 3.33. The molecule has 5 N–H and O–H groups in total. The summed E-state index contributed by atoms with van der Waals surface area (Å²) in [7, 11) is 0. The molecule has 0 saturated heterocycles. The van der Waals surface area contributed by atoms with E-state index in [4.69, 9.17) is 11.5 Å². The van der Waals surface area contributed by atoms with Gasteiger partial charge in [0.05, 0.1) is 5.69 Å². The molecule has 0 aliphatic heterocycles. The number of anilines is 2. The lowest BCUT2D eigenvalue weighted by Gasteiger charge is -2.32. The van der Waals surface area contributed by atoms with Crippen molar-refractivity contribution in [1.29, 1.82) is 0 Å². The summed E-state index contributed by atoms with van der Waals surface area (Å²) in [4.78, 5) is 3.98. The minimum absolute atomic E-state index is 0.202. The molecule has 3 rings (SSSR count). The lowest BCUT2D eigenvalue weighted by Crippen LogP contribution is -2.44. The molecule has 136 valence electrons. The van der Waals surface area contributed by atoms with Crippen molar-refractivity contribution in [2.45, 2.75) is 65.5 Å². The predicted molar refractivity (Wildman–Crippen MR) is 103 cm³/mol. The van der Waals surface area contributed by atoms with E-state index in [1.54, 1.807) is 4.68 Å².